The van der Waals surface area contributed by atoms with Crippen molar-refractivity contribution in [3.05, 3.63) is 84.4 Å². The van der Waals surface area contributed by atoms with Gasteiger partial charge in [-0.3, -0.25) is 4.79 Å². The molecule has 0 bridgehead atoms. The predicted molar refractivity (Wildman–Crippen MR) is 110 cm³/mol. The highest BCUT2D eigenvalue weighted by atomic mass is 16.5. The number of para-hydroxylation sites is 4. The Morgan fingerprint density at radius 1 is 0.929 bits per heavy atom. The zero-order valence-corrected chi connectivity index (χ0v) is 16.1. The Kier molecular flexibility index (Phi) is 6.65. The molecule has 0 spiro atoms. The lowest BCUT2D eigenvalue weighted by molar-refractivity contribution is -0.682. The number of nitrogens with two attached hydrogens (primary N) is 1. The molecule has 0 aliphatic heterocycles. The topological polar surface area (TPSA) is 64.2 Å². The third-order valence-electron chi connectivity index (χ3n) is 4.42. The zero-order chi connectivity index (χ0) is 19.8. The van der Waals surface area contributed by atoms with Crippen molar-refractivity contribution in [2.24, 2.45) is 0 Å². The molecule has 1 amide bonds. The highest BCUT2D eigenvalue weighted by Gasteiger charge is 2.16. The van der Waals surface area contributed by atoms with Crippen molar-refractivity contribution in [3.63, 3.8) is 0 Å². The van der Waals surface area contributed by atoms with Gasteiger partial charge in [-0.2, -0.15) is 0 Å². The number of quaternary nitrogens is 1. The number of anilines is 1. The van der Waals surface area contributed by atoms with E-state index in [-0.39, 0.29) is 11.9 Å². The van der Waals surface area contributed by atoms with Crippen LogP contribution in [0.15, 0.2) is 78.9 Å². The summed E-state index contributed by atoms with van der Waals surface area (Å²) in [5.74, 6) is 2.07. The van der Waals surface area contributed by atoms with Gasteiger partial charge in [0.2, 0.25) is 0 Å². The van der Waals surface area contributed by atoms with Crippen LogP contribution in [-0.4, -0.2) is 19.6 Å². The number of methoxy groups -OCH3 is 1. The molecule has 144 valence electrons. The number of ether oxygens (including phenoxy) is 2. The van der Waals surface area contributed by atoms with E-state index >= 15 is 0 Å². The minimum Gasteiger partial charge on any atom is -0.496 e. The molecule has 3 aromatic carbocycles. The number of nitrogens with one attached hydrogen (secondary N) is 1. The highest BCUT2D eigenvalue weighted by Crippen LogP contribution is 2.29. The monoisotopic (exact) mass is 377 g/mol. The van der Waals surface area contributed by atoms with E-state index in [1.807, 2.05) is 84.2 Å². The Labute approximate surface area is 165 Å². The van der Waals surface area contributed by atoms with Gasteiger partial charge in [0.1, 0.15) is 17.5 Å². The van der Waals surface area contributed by atoms with Crippen LogP contribution >= 0.6 is 0 Å². The van der Waals surface area contributed by atoms with Crippen LogP contribution in [0.5, 0.6) is 17.2 Å². The first-order valence-electron chi connectivity index (χ1n) is 9.25. The predicted octanol–water partition coefficient (Wildman–Crippen LogP) is 3.75. The maximum atomic E-state index is 12.5. The number of amides is 1. The molecule has 0 radical (unpaired) electrons. The largest absolute Gasteiger partial charge is 0.496 e. The third-order valence-corrected chi connectivity index (χ3v) is 4.42. The average Bonchev–Trinajstić information content (AvgIpc) is 2.74. The van der Waals surface area contributed by atoms with Crippen molar-refractivity contribution < 1.29 is 19.6 Å². The van der Waals surface area contributed by atoms with E-state index in [4.69, 9.17) is 9.47 Å². The summed E-state index contributed by atoms with van der Waals surface area (Å²) in [5, 5.41) is 4.92. The lowest BCUT2D eigenvalue weighted by Gasteiger charge is -2.15. The van der Waals surface area contributed by atoms with Crippen molar-refractivity contribution in [3.8, 4) is 17.2 Å². The third kappa shape index (κ3) is 5.11. The summed E-state index contributed by atoms with van der Waals surface area (Å²) in [6, 6.07) is 24.9. The Morgan fingerprint density at radius 3 is 2.32 bits per heavy atom. The normalized spacial score (nSPS) is 11.5. The molecule has 0 saturated carbocycles. The van der Waals surface area contributed by atoms with Crippen molar-refractivity contribution in [2.75, 3.05) is 19.0 Å². The molecule has 0 aliphatic rings. The van der Waals surface area contributed by atoms with Crippen LogP contribution in [0, 0.1) is 0 Å². The smallest absolute Gasteiger partial charge is 0.279 e. The van der Waals surface area contributed by atoms with Crippen LogP contribution in [0.25, 0.3) is 0 Å². The number of carbonyl (C=O) groups excluding carboxylic acids is 1. The SMILES string of the molecule is COc1ccccc1[C@@H](C)[NH2+]CC(=O)Nc1ccccc1Oc1ccccc1. The first-order chi connectivity index (χ1) is 13.7. The maximum absolute atomic E-state index is 12.5. The molecule has 0 saturated heterocycles. The summed E-state index contributed by atoms with van der Waals surface area (Å²) in [5.41, 5.74) is 1.71. The molecule has 3 N–H and O–H groups in total. The molecule has 3 rings (SSSR count). The number of carbonyl (C=O) groups is 1. The fourth-order valence-electron chi connectivity index (χ4n) is 2.93. The standard InChI is InChI=1S/C23H24N2O3/c1-17(19-12-6-8-14-21(19)27-2)24-16-23(26)25-20-13-7-9-15-22(20)28-18-10-4-3-5-11-18/h3-15,17,24H,16H2,1-2H3,(H,25,26)/p+1/t17-/m1/s1. The molecular formula is C23H25N2O3+. The van der Waals surface area contributed by atoms with E-state index in [1.54, 1.807) is 7.11 Å². The number of rotatable bonds is 8. The summed E-state index contributed by atoms with van der Waals surface area (Å²) in [6.45, 7) is 2.34. The fraction of sp³-hybridized carbons (Fsp3) is 0.174. The van der Waals surface area contributed by atoms with E-state index < -0.39 is 0 Å². The number of benzene rings is 3. The summed E-state index contributed by atoms with van der Waals surface area (Å²) in [4.78, 5) is 12.5. The molecule has 0 aliphatic carbocycles. The molecule has 0 fully saturated rings. The van der Waals surface area contributed by atoms with Gasteiger partial charge in [-0.25, -0.2) is 0 Å². The summed E-state index contributed by atoms with van der Waals surface area (Å²) < 4.78 is 11.3. The van der Waals surface area contributed by atoms with E-state index in [2.05, 4.69) is 12.2 Å². The lowest BCUT2D eigenvalue weighted by Crippen LogP contribution is -2.86. The van der Waals surface area contributed by atoms with E-state index in [0.29, 0.717) is 18.0 Å². The van der Waals surface area contributed by atoms with Gasteiger partial charge >= 0.3 is 0 Å². The Morgan fingerprint density at radius 2 is 1.57 bits per heavy atom. The van der Waals surface area contributed by atoms with Gasteiger partial charge in [-0.15, -0.1) is 0 Å². The second kappa shape index (κ2) is 9.58. The molecule has 0 heterocycles. The van der Waals surface area contributed by atoms with Crippen LogP contribution < -0.4 is 20.1 Å². The van der Waals surface area contributed by atoms with Gasteiger partial charge < -0.3 is 20.1 Å². The summed E-state index contributed by atoms with van der Waals surface area (Å²) in [6.07, 6.45) is 0. The summed E-state index contributed by atoms with van der Waals surface area (Å²) in [7, 11) is 1.65. The first-order valence-corrected chi connectivity index (χ1v) is 9.25. The minimum atomic E-state index is -0.0918. The second-order valence-electron chi connectivity index (χ2n) is 6.43. The molecule has 5 nitrogen and oxygen atoms in total. The Balaban J connectivity index is 1.61. The van der Waals surface area contributed by atoms with Crippen molar-refractivity contribution in [2.45, 2.75) is 13.0 Å². The molecule has 1 atom stereocenters. The van der Waals surface area contributed by atoms with E-state index in [0.717, 1.165) is 17.1 Å². The molecule has 3 aromatic rings. The van der Waals surface area contributed by atoms with Gasteiger partial charge in [0.15, 0.2) is 12.3 Å². The molecule has 0 unspecified atom stereocenters. The van der Waals surface area contributed by atoms with E-state index in [1.165, 1.54) is 0 Å². The van der Waals surface area contributed by atoms with Gasteiger partial charge in [-0.05, 0) is 43.3 Å². The quantitative estimate of drug-likeness (QED) is 0.628. The second-order valence-corrected chi connectivity index (χ2v) is 6.43. The molecular weight excluding hydrogens is 352 g/mol. The average molecular weight is 377 g/mol. The van der Waals surface area contributed by atoms with Crippen LogP contribution in [0.1, 0.15) is 18.5 Å². The van der Waals surface area contributed by atoms with Crippen LogP contribution in [-0.2, 0) is 4.79 Å². The van der Waals surface area contributed by atoms with Crippen molar-refractivity contribution in [1.29, 1.82) is 0 Å². The maximum Gasteiger partial charge on any atom is 0.279 e. The first kappa shape index (κ1) is 19.5. The van der Waals surface area contributed by atoms with Gasteiger partial charge in [0.05, 0.1) is 18.4 Å². The van der Waals surface area contributed by atoms with E-state index in [9.17, 15) is 4.79 Å². The minimum absolute atomic E-state index is 0.0918. The Bertz CT molecular complexity index is 912. The number of hydrogen-bond donors (Lipinski definition) is 2. The van der Waals surface area contributed by atoms with Crippen LogP contribution in [0.3, 0.4) is 0 Å². The fourth-order valence-corrected chi connectivity index (χ4v) is 2.93. The van der Waals surface area contributed by atoms with Crippen LogP contribution in [0.2, 0.25) is 0 Å². The zero-order valence-electron chi connectivity index (χ0n) is 16.1. The Hall–Kier alpha value is -3.31. The summed E-state index contributed by atoms with van der Waals surface area (Å²) >= 11 is 0. The van der Waals surface area contributed by atoms with Gasteiger partial charge in [-0.1, -0.05) is 42.5 Å². The van der Waals surface area contributed by atoms with Crippen molar-refractivity contribution >= 4 is 11.6 Å². The van der Waals surface area contributed by atoms with Crippen molar-refractivity contribution in [1.82, 2.24) is 0 Å². The van der Waals surface area contributed by atoms with Crippen LogP contribution in [0.4, 0.5) is 5.69 Å². The number of hydrogen-bond acceptors (Lipinski definition) is 3. The molecule has 5 heteroatoms. The van der Waals surface area contributed by atoms with Gasteiger partial charge in [0, 0.05) is 0 Å². The lowest BCUT2D eigenvalue weighted by atomic mass is 10.1. The highest BCUT2D eigenvalue weighted by molar-refractivity contribution is 5.92. The molecule has 28 heavy (non-hydrogen) atoms. The molecule has 0 aromatic heterocycles. The van der Waals surface area contributed by atoms with Gasteiger partial charge in [0.25, 0.3) is 5.91 Å².